The fourth-order valence-corrected chi connectivity index (χ4v) is 5.91. The Morgan fingerprint density at radius 3 is 2.45 bits per heavy atom. The molecule has 5 aromatic rings. The SMILES string of the molecule is CCCNC(=O)c1ccc(-c2cc3nccc(Oc4ccc(CC(=S)CC(=O)Cc5ccccc5)cc4F)c3s2)cc1. The van der Waals surface area contributed by atoms with Crippen molar-refractivity contribution >= 4 is 50.3 Å². The largest absolute Gasteiger partial charge is 0.453 e. The number of carbonyl (C=O) groups excluding carboxylic acids is 2. The smallest absolute Gasteiger partial charge is 0.251 e. The van der Waals surface area contributed by atoms with E-state index in [0.29, 0.717) is 41.1 Å². The van der Waals surface area contributed by atoms with Crippen LogP contribution in [-0.2, 0) is 17.6 Å². The highest BCUT2D eigenvalue weighted by molar-refractivity contribution is 7.80. The molecule has 0 unspecified atom stereocenters. The summed E-state index contributed by atoms with van der Waals surface area (Å²) in [6.07, 6.45) is 3.35. The lowest BCUT2D eigenvalue weighted by molar-refractivity contribution is -0.117. The van der Waals surface area contributed by atoms with Crippen molar-refractivity contribution in [3.05, 3.63) is 114 Å². The molecule has 0 radical (unpaired) electrons. The highest BCUT2D eigenvalue weighted by Crippen LogP contribution is 2.39. The van der Waals surface area contributed by atoms with Gasteiger partial charge in [0.1, 0.15) is 11.5 Å². The number of hydrogen-bond acceptors (Lipinski definition) is 6. The Bertz CT molecular complexity index is 1730. The second kappa shape index (κ2) is 13.6. The molecule has 2 aromatic heterocycles. The average molecular weight is 597 g/mol. The number of nitrogens with zero attached hydrogens (tertiary/aromatic N) is 1. The number of nitrogens with one attached hydrogen (secondary N) is 1. The van der Waals surface area contributed by atoms with E-state index in [9.17, 15) is 9.59 Å². The molecule has 0 atom stereocenters. The summed E-state index contributed by atoms with van der Waals surface area (Å²) < 4.78 is 21.9. The van der Waals surface area contributed by atoms with Gasteiger partial charge in [-0.3, -0.25) is 14.6 Å². The van der Waals surface area contributed by atoms with Gasteiger partial charge in [0.15, 0.2) is 11.6 Å². The third kappa shape index (κ3) is 7.32. The fraction of sp³-hybridized carbons (Fsp3) is 0.176. The van der Waals surface area contributed by atoms with Crippen LogP contribution in [0.15, 0.2) is 91.1 Å². The van der Waals surface area contributed by atoms with Gasteiger partial charge < -0.3 is 10.1 Å². The van der Waals surface area contributed by atoms with Crippen LogP contribution in [0.2, 0.25) is 0 Å². The van der Waals surface area contributed by atoms with E-state index in [0.717, 1.165) is 32.6 Å². The van der Waals surface area contributed by atoms with E-state index in [1.165, 1.54) is 17.4 Å². The third-order valence-electron chi connectivity index (χ3n) is 6.60. The number of ether oxygens (including phenoxy) is 1. The van der Waals surface area contributed by atoms with Gasteiger partial charge in [-0.05, 0) is 53.4 Å². The number of aromatic nitrogens is 1. The van der Waals surface area contributed by atoms with Crippen molar-refractivity contribution in [1.29, 1.82) is 0 Å². The second-order valence-electron chi connectivity index (χ2n) is 9.93. The van der Waals surface area contributed by atoms with E-state index >= 15 is 4.39 Å². The summed E-state index contributed by atoms with van der Waals surface area (Å²) in [5.41, 5.74) is 3.92. The Morgan fingerprint density at radius 1 is 0.929 bits per heavy atom. The second-order valence-corrected chi connectivity index (χ2v) is 11.6. The van der Waals surface area contributed by atoms with Crippen LogP contribution in [0.4, 0.5) is 4.39 Å². The highest BCUT2D eigenvalue weighted by Gasteiger charge is 2.15. The maximum atomic E-state index is 15.1. The number of thiophene rings is 1. The third-order valence-corrected chi connectivity index (χ3v) is 8.08. The van der Waals surface area contributed by atoms with Crippen LogP contribution in [-0.4, -0.2) is 28.1 Å². The minimum absolute atomic E-state index is 0.0389. The minimum Gasteiger partial charge on any atom is -0.453 e. The molecule has 212 valence electrons. The predicted octanol–water partition coefficient (Wildman–Crippen LogP) is 8.15. The van der Waals surface area contributed by atoms with Gasteiger partial charge in [0.25, 0.3) is 5.91 Å². The van der Waals surface area contributed by atoms with Gasteiger partial charge in [0.2, 0.25) is 0 Å². The number of pyridine rings is 1. The summed E-state index contributed by atoms with van der Waals surface area (Å²) in [6, 6.07) is 25.4. The monoisotopic (exact) mass is 596 g/mol. The van der Waals surface area contributed by atoms with Crippen molar-refractivity contribution in [2.45, 2.75) is 32.6 Å². The molecule has 1 N–H and O–H groups in total. The highest BCUT2D eigenvalue weighted by atomic mass is 32.1. The number of Topliss-reactive ketones (excluding diaryl/α,β-unsaturated/α-hetero) is 1. The molecule has 0 aliphatic heterocycles. The number of ketones is 1. The zero-order chi connectivity index (χ0) is 29.5. The normalized spacial score (nSPS) is 10.9. The van der Waals surface area contributed by atoms with Gasteiger partial charge in [-0.25, -0.2) is 4.39 Å². The Balaban J connectivity index is 1.25. The van der Waals surface area contributed by atoms with Gasteiger partial charge >= 0.3 is 0 Å². The summed E-state index contributed by atoms with van der Waals surface area (Å²) in [6.45, 7) is 2.65. The molecule has 0 spiro atoms. The van der Waals surface area contributed by atoms with Crippen LogP contribution >= 0.6 is 23.6 Å². The maximum Gasteiger partial charge on any atom is 0.251 e. The van der Waals surface area contributed by atoms with Crippen LogP contribution in [0.5, 0.6) is 11.5 Å². The van der Waals surface area contributed by atoms with Crippen LogP contribution in [0.25, 0.3) is 20.7 Å². The number of fused-ring (bicyclic) bond motifs is 1. The average Bonchev–Trinajstić information content (AvgIpc) is 3.43. The molecule has 0 aliphatic rings. The molecule has 0 saturated carbocycles. The van der Waals surface area contributed by atoms with Gasteiger partial charge in [0, 0.05) is 53.4 Å². The molecule has 1 amide bonds. The van der Waals surface area contributed by atoms with Crippen molar-refractivity contribution in [2.75, 3.05) is 6.54 Å². The summed E-state index contributed by atoms with van der Waals surface area (Å²) in [5, 5.41) is 2.88. The van der Waals surface area contributed by atoms with Crippen molar-refractivity contribution < 1.29 is 18.7 Å². The molecule has 3 aromatic carbocycles. The Hall–Kier alpha value is -4.27. The lowest BCUT2D eigenvalue weighted by Crippen LogP contribution is -2.23. The first-order valence-electron chi connectivity index (χ1n) is 13.7. The van der Waals surface area contributed by atoms with Gasteiger partial charge in [-0.2, -0.15) is 0 Å². The zero-order valence-corrected chi connectivity index (χ0v) is 24.7. The van der Waals surface area contributed by atoms with E-state index < -0.39 is 5.82 Å². The number of thiocarbonyl (C=S) groups is 1. The van der Waals surface area contributed by atoms with Gasteiger partial charge in [0.05, 0.1) is 10.2 Å². The van der Waals surface area contributed by atoms with Crippen LogP contribution in [0, 0.1) is 5.82 Å². The van der Waals surface area contributed by atoms with Crippen molar-refractivity contribution in [3.63, 3.8) is 0 Å². The summed E-state index contributed by atoms with van der Waals surface area (Å²) in [4.78, 5) is 30.6. The minimum atomic E-state index is -0.510. The number of amides is 1. The molecule has 2 heterocycles. The van der Waals surface area contributed by atoms with Gasteiger partial charge in [-0.1, -0.05) is 67.7 Å². The number of benzene rings is 3. The quantitative estimate of drug-likeness (QED) is 0.147. The predicted molar refractivity (Wildman–Crippen MR) is 170 cm³/mol. The first-order chi connectivity index (χ1) is 20.4. The lowest BCUT2D eigenvalue weighted by Gasteiger charge is -2.10. The molecule has 0 saturated heterocycles. The van der Waals surface area contributed by atoms with E-state index in [1.54, 1.807) is 36.5 Å². The maximum absolute atomic E-state index is 15.1. The summed E-state index contributed by atoms with van der Waals surface area (Å²) in [7, 11) is 0. The number of carbonyl (C=O) groups is 2. The topological polar surface area (TPSA) is 68.3 Å². The summed E-state index contributed by atoms with van der Waals surface area (Å²) >= 11 is 6.93. The molecular weight excluding hydrogens is 568 g/mol. The molecular formula is C34H29FN2O3S2. The molecule has 8 heteroatoms. The van der Waals surface area contributed by atoms with E-state index in [2.05, 4.69) is 10.3 Å². The fourth-order valence-electron chi connectivity index (χ4n) is 4.52. The Morgan fingerprint density at radius 2 is 1.71 bits per heavy atom. The Kier molecular flexibility index (Phi) is 9.46. The van der Waals surface area contributed by atoms with Crippen LogP contribution < -0.4 is 10.1 Å². The van der Waals surface area contributed by atoms with E-state index in [-0.39, 0.29) is 23.9 Å². The zero-order valence-electron chi connectivity index (χ0n) is 23.1. The van der Waals surface area contributed by atoms with E-state index in [1.807, 2.05) is 55.5 Å². The first kappa shape index (κ1) is 29.2. The number of rotatable bonds is 12. The Labute approximate surface area is 253 Å². The molecule has 0 aliphatic carbocycles. The summed E-state index contributed by atoms with van der Waals surface area (Å²) in [5.74, 6) is 0.0281. The van der Waals surface area contributed by atoms with Crippen molar-refractivity contribution in [1.82, 2.24) is 10.3 Å². The lowest BCUT2D eigenvalue weighted by atomic mass is 10.0. The molecule has 5 nitrogen and oxygen atoms in total. The number of halogens is 1. The first-order valence-corrected chi connectivity index (χ1v) is 14.9. The van der Waals surface area contributed by atoms with E-state index in [4.69, 9.17) is 17.0 Å². The molecule has 5 rings (SSSR count). The van der Waals surface area contributed by atoms with Crippen molar-refractivity contribution in [2.24, 2.45) is 0 Å². The van der Waals surface area contributed by atoms with Crippen LogP contribution in [0.3, 0.4) is 0 Å². The van der Waals surface area contributed by atoms with Crippen LogP contribution in [0.1, 0.15) is 41.3 Å². The number of hydrogen-bond donors (Lipinski definition) is 1. The molecule has 0 bridgehead atoms. The standard InChI is InChI=1S/C34H29FN2O3S2/c1-2-15-37-34(39)25-11-9-24(10-12-25)32-21-29-33(42-32)31(14-16-36-29)40-30-13-8-23(19-28(30)35)18-27(41)20-26(38)17-22-6-4-3-5-7-22/h3-14,16,19,21H,2,15,17-18,20H2,1H3,(H,37,39). The van der Waals surface area contributed by atoms with Gasteiger partial charge in [-0.15, -0.1) is 11.3 Å². The van der Waals surface area contributed by atoms with Crippen molar-refractivity contribution in [3.8, 4) is 21.9 Å². The molecule has 42 heavy (non-hydrogen) atoms. The molecule has 0 fully saturated rings.